The minimum atomic E-state index is -0.617. The second kappa shape index (κ2) is 15.4. The molecule has 3 saturated heterocycles. The fourth-order valence-electron chi connectivity index (χ4n) is 8.97. The Hall–Kier alpha value is -5.65. The van der Waals surface area contributed by atoms with Crippen molar-refractivity contribution in [3.8, 4) is 11.1 Å². The number of amides is 3. The first-order valence-electron chi connectivity index (χ1n) is 19.8. The lowest BCUT2D eigenvalue weighted by Crippen LogP contribution is -2.57. The molecule has 1 spiro atoms. The van der Waals surface area contributed by atoms with Crippen molar-refractivity contribution in [2.75, 3.05) is 31.2 Å². The summed E-state index contributed by atoms with van der Waals surface area (Å²) in [7, 11) is 0. The normalized spacial score (nSPS) is 23.2. The molecule has 5 aromatic carbocycles. The van der Waals surface area contributed by atoms with Gasteiger partial charge in [0.15, 0.2) is 6.29 Å². The largest absolute Gasteiger partial charge is 0.392 e. The molecule has 0 aliphatic carbocycles. The number of anilines is 1. The summed E-state index contributed by atoms with van der Waals surface area (Å²) in [4.78, 5) is 45.4. The van der Waals surface area contributed by atoms with E-state index in [1.165, 1.54) is 4.90 Å². The third-order valence-corrected chi connectivity index (χ3v) is 12.3. The highest BCUT2D eigenvalue weighted by molar-refractivity contribution is 6.21. The number of hydrogen-bond donors (Lipinski definition) is 2. The molecule has 9 rings (SSSR count). The average Bonchev–Trinajstić information content (AvgIpc) is 3.70. The number of aliphatic hydroxyl groups excluding tert-OH is 1. The van der Waals surface area contributed by atoms with E-state index in [9.17, 15) is 19.5 Å². The summed E-state index contributed by atoms with van der Waals surface area (Å²) in [5.74, 6) is -0.413. The Kier molecular flexibility index (Phi) is 9.96. The van der Waals surface area contributed by atoms with Crippen LogP contribution in [0.3, 0.4) is 0 Å². The van der Waals surface area contributed by atoms with Crippen molar-refractivity contribution in [3.05, 3.63) is 161 Å². The molecule has 0 saturated carbocycles. The molecule has 57 heavy (non-hydrogen) atoms. The van der Waals surface area contributed by atoms with Crippen LogP contribution in [0.25, 0.3) is 11.1 Å². The Bertz CT molecular complexity index is 2240. The van der Waals surface area contributed by atoms with Gasteiger partial charge in [-0.3, -0.25) is 19.3 Å². The van der Waals surface area contributed by atoms with E-state index >= 15 is 0 Å². The summed E-state index contributed by atoms with van der Waals surface area (Å²) in [6, 6.07) is 41.2. The van der Waals surface area contributed by atoms with E-state index in [-0.39, 0.29) is 49.0 Å². The van der Waals surface area contributed by atoms with Gasteiger partial charge in [0.05, 0.1) is 43.2 Å². The zero-order valence-electron chi connectivity index (χ0n) is 31.9. The SMILES string of the molecule is CC1C(CN2CCC3(CC2)C(=O)NCN3c2ccccc2)OC(c2ccc(-c3cccc(CN4C(=O)c5ccccc5C4=O)c3)cc2)OC1c1ccc(CO)cc1. The van der Waals surface area contributed by atoms with Crippen molar-refractivity contribution in [2.24, 2.45) is 5.92 Å². The molecule has 290 valence electrons. The fraction of sp³-hybridized carbons (Fsp3) is 0.298. The summed E-state index contributed by atoms with van der Waals surface area (Å²) in [5, 5.41) is 12.8. The van der Waals surface area contributed by atoms with Crippen LogP contribution in [-0.2, 0) is 27.4 Å². The van der Waals surface area contributed by atoms with Gasteiger partial charge in [0, 0.05) is 36.8 Å². The molecule has 4 aliphatic heterocycles. The van der Waals surface area contributed by atoms with Crippen LogP contribution >= 0.6 is 0 Å². The van der Waals surface area contributed by atoms with Gasteiger partial charge in [0.1, 0.15) is 5.54 Å². The molecule has 5 aromatic rings. The topological polar surface area (TPSA) is 112 Å². The van der Waals surface area contributed by atoms with Gasteiger partial charge in [0.25, 0.3) is 11.8 Å². The minimum absolute atomic E-state index is 0.0239. The number of carbonyl (C=O) groups is 3. The number of rotatable bonds is 9. The lowest BCUT2D eigenvalue weighted by Gasteiger charge is -2.46. The monoisotopic (exact) mass is 762 g/mol. The van der Waals surface area contributed by atoms with Gasteiger partial charge >= 0.3 is 0 Å². The van der Waals surface area contributed by atoms with Crippen LogP contribution in [0.2, 0.25) is 0 Å². The first kappa shape index (κ1) is 37.0. The van der Waals surface area contributed by atoms with Gasteiger partial charge in [-0.2, -0.15) is 0 Å². The van der Waals surface area contributed by atoms with Gasteiger partial charge in [0.2, 0.25) is 5.91 Å². The first-order valence-corrected chi connectivity index (χ1v) is 19.8. The highest BCUT2D eigenvalue weighted by Gasteiger charge is 2.51. The van der Waals surface area contributed by atoms with Gasteiger partial charge in [-0.25, -0.2) is 0 Å². The second-order valence-corrected chi connectivity index (χ2v) is 15.6. The molecule has 10 heteroatoms. The first-order chi connectivity index (χ1) is 27.8. The number of nitrogens with zero attached hydrogens (tertiary/aromatic N) is 3. The van der Waals surface area contributed by atoms with E-state index in [1.54, 1.807) is 24.3 Å². The van der Waals surface area contributed by atoms with E-state index in [4.69, 9.17) is 9.47 Å². The average molecular weight is 763 g/mol. The minimum Gasteiger partial charge on any atom is -0.392 e. The Balaban J connectivity index is 0.919. The Morgan fingerprint density at radius 3 is 2.07 bits per heavy atom. The third kappa shape index (κ3) is 6.93. The highest BCUT2D eigenvalue weighted by atomic mass is 16.7. The molecular formula is C47H46N4O6. The lowest BCUT2D eigenvalue weighted by atomic mass is 9.84. The molecule has 3 amide bonds. The molecule has 0 aromatic heterocycles. The number of hydrogen-bond acceptors (Lipinski definition) is 8. The number of ether oxygens (including phenoxy) is 2. The number of piperidine rings is 1. The number of nitrogens with one attached hydrogen (secondary N) is 1. The zero-order valence-corrected chi connectivity index (χ0v) is 31.9. The quantitative estimate of drug-likeness (QED) is 0.157. The molecule has 4 atom stereocenters. The summed E-state index contributed by atoms with van der Waals surface area (Å²) in [6.07, 6.45) is 0.434. The predicted octanol–water partition coefficient (Wildman–Crippen LogP) is 6.86. The van der Waals surface area contributed by atoms with Crippen molar-refractivity contribution in [2.45, 2.75) is 57.0 Å². The van der Waals surface area contributed by atoms with Gasteiger partial charge < -0.3 is 29.7 Å². The van der Waals surface area contributed by atoms with Crippen molar-refractivity contribution in [1.82, 2.24) is 15.1 Å². The molecule has 2 N–H and O–H groups in total. The van der Waals surface area contributed by atoms with Crippen LogP contribution in [0.15, 0.2) is 127 Å². The standard InChI is InChI=1S/C47H46N4O6/c1-31-41(28-49-24-22-47(23-25-49)46(55)48-30-51(47)38-10-3-2-4-11-38)56-45(57-42(31)35-16-14-32(29-52)15-17-35)36-20-18-34(19-21-36)37-9-7-8-33(26-37)27-50-43(53)39-12-5-6-13-40(39)44(50)54/h2-21,26,31,41-42,45,52H,22-25,27-30H2,1H3,(H,48,55). The molecule has 0 bridgehead atoms. The maximum atomic E-state index is 13.3. The predicted molar refractivity (Wildman–Crippen MR) is 216 cm³/mol. The number of benzene rings is 5. The summed E-state index contributed by atoms with van der Waals surface area (Å²) in [6.45, 7) is 5.10. The molecule has 10 nitrogen and oxygen atoms in total. The van der Waals surface area contributed by atoms with Crippen LogP contribution in [-0.4, -0.2) is 70.6 Å². The van der Waals surface area contributed by atoms with Crippen LogP contribution < -0.4 is 10.2 Å². The molecule has 0 radical (unpaired) electrons. The van der Waals surface area contributed by atoms with Crippen LogP contribution in [0.5, 0.6) is 0 Å². The van der Waals surface area contributed by atoms with E-state index in [0.717, 1.165) is 65.0 Å². The van der Waals surface area contributed by atoms with Crippen LogP contribution in [0.4, 0.5) is 5.69 Å². The highest BCUT2D eigenvalue weighted by Crippen LogP contribution is 2.43. The van der Waals surface area contributed by atoms with E-state index in [2.05, 4.69) is 46.3 Å². The molecule has 4 aliphatic rings. The van der Waals surface area contributed by atoms with Crippen molar-refractivity contribution < 1.29 is 29.0 Å². The number of imide groups is 1. The van der Waals surface area contributed by atoms with Crippen LogP contribution in [0.1, 0.15) is 75.1 Å². The number of carbonyl (C=O) groups excluding carboxylic acids is 3. The van der Waals surface area contributed by atoms with E-state index in [0.29, 0.717) is 24.3 Å². The van der Waals surface area contributed by atoms with Crippen LogP contribution in [0, 0.1) is 5.92 Å². The third-order valence-electron chi connectivity index (χ3n) is 12.3. The lowest BCUT2D eigenvalue weighted by molar-refractivity contribution is -0.276. The number of fused-ring (bicyclic) bond motifs is 1. The summed E-state index contributed by atoms with van der Waals surface area (Å²) in [5.41, 5.74) is 6.98. The maximum Gasteiger partial charge on any atom is 0.261 e. The molecular weight excluding hydrogens is 717 g/mol. The zero-order chi connectivity index (χ0) is 39.1. The van der Waals surface area contributed by atoms with Gasteiger partial charge in [-0.15, -0.1) is 0 Å². The molecule has 4 heterocycles. The number of para-hydroxylation sites is 1. The van der Waals surface area contributed by atoms with Gasteiger partial charge in [-0.05, 0) is 71.0 Å². The smallest absolute Gasteiger partial charge is 0.261 e. The van der Waals surface area contributed by atoms with Crippen molar-refractivity contribution in [3.63, 3.8) is 0 Å². The van der Waals surface area contributed by atoms with Crippen molar-refractivity contribution in [1.29, 1.82) is 0 Å². The van der Waals surface area contributed by atoms with Gasteiger partial charge in [-0.1, -0.05) is 104 Å². The maximum absolute atomic E-state index is 13.3. The number of likely N-dealkylation sites (tertiary alicyclic amines) is 1. The second-order valence-electron chi connectivity index (χ2n) is 15.6. The van der Waals surface area contributed by atoms with Crippen molar-refractivity contribution >= 4 is 23.4 Å². The molecule has 3 fully saturated rings. The summed E-state index contributed by atoms with van der Waals surface area (Å²) < 4.78 is 13.6. The fourth-order valence-corrected chi connectivity index (χ4v) is 8.97. The van der Waals surface area contributed by atoms with E-state index < -0.39 is 11.8 Å². The summed E-state index contributed by atoms with van der Waals surface area (Å²) >= 11 is 0. The number of aliphatic hydroxyl groups is 1. The Morgan fingerprint density at radius 2 is 1.39 bits per heavy atom. The Labute approximate surface area is 332 Å². The van der Waals surface area contributed by atoms with E-state index in [1.807, 2.05) is 78.9 Å². The molecule has 4 unspecified atom stereocenters. The Morgan fingerprint density at radius 1 is 0.719 bits per heavy atom.